The smallest absolute Gasteiger partial charge is 0.410 e. The van der Waals surface area contributed by atoms with Crippen molar-refractivity contribution in [2.75, 3.05) is 33.4 Å². The Morgan fingerprint density at radius 3 is 2.23 bits per heavy atom. The summed E-state index contributed by atoms with van der Waals surface area (Å²) in [5.41, 5.74) is 5.93. The van der Waals surface area contributed by atoms with E-state index in [0.717, 1.165) is 83.7 Å². The van der Waals surface area contributed by atoms with Gasteiger partial charge in [0.15, 0.2) is 0 Å². The van der Waals surface area contributed by atoms with Crippen molar-refractivity contribution in [2.45, 2.75) is 103 Å². The van der Waals surface area contributed by atoms with Crippen LogP contribution in [0.5, 0.6) is 0 Å². The molecule has 3 amide bonds. The number of methoxy groups -OCH3 is 1. The summed E-state index contributed by atoms with van der Waals surface area (Å²) in [5, 5.41) is 2.71. The fourth-order valence-electron chi connectivity index (χ4n) is 7.74. The number of alkyl carbamates (subject to hydrolysis) is 1. The highest BCUT2D eigenvalue weighted by molar-refractivity contribution is 5.87. The third kappa shape index (κ3) is 8.76. The van der Waals surface area contributed by atoms with Crippen LogP contribution in [-0.4, -0.2) is 99.0 Å². The van der Waals surface area contributed by atoms with Crippen molar-refractivity contribution in [3.05, 3.63) is 72.1 Å². The molecule has 2 aromatic heterocycles. The Morgan fingerprint density at radius 2 is 1.52 bits per heavy atom. The molecule has 5 heterocycles. The van der Waals surface area contributed by atoms with Crippen LogP contribution in [0, 0.1) is 0 Å². The quantitative estimate of drug-likeness (QED) is 0.189. The Morgan fingerprint density at radius 1 is 0.857 bits per heavy atom. The van der Waals surface area contributed by atoms with E-state index >= 15 is 0 Å². The van der Waals surface area contributed by atoms with Gasteiger partial charge < -0.3 is 39.1 Å². The van der Waals surface area contributed by atoms with Gasteiger partial charge in [0.1, 0.15) is 23.3 Å². The van der Waals surface area contributed by atoms with Gasteiger partial charge in [0.05, 0.1) is 49.0 Å². The predicted octanol–water partition coefficient (Wildman–Crippen LogP) is 7.31. The number of rotatable bonds is 5. The molecular formula is C42H53N7O7. The van der Waals surface area contributed by atoms with E-state index in [1.165, 1.54) is 7.11 Å². The summed E-state index contributed by atoms with van der Waals surface area (Å²) in [6, 6.07) is 15.3. The number of hydrogen-bond acceptors (Lipinski definition) is 9. The van der Waals surface area contributed by atoms with E-state index in [4.69, 9.17) is 28.9 Å². The monoisotopic (exact) mass is 767 g/mol. The third-order valence-corrected chi connectivity index (χ3v) is 10.6. The largest absolute Gasteiger partial charge is 0.453 e. The Kier molecular flexibility index (Phi) is 11.8. The summed E-state index contributed by atoms with van der Waals surface area (Å²) < 4.78 is 22.6. The van der Waals surface area contributed by atoms with Crippen LogP contribution in [0.15, 0.2) is 54.7 Å². The number of carbonyl (C=O) groups is 3. The van der Waals surface area contributed by atoms with Crippen molar-refractivity contribution >= 4 is 18.1 Å². The highest BCUT2D eigenvalue weighted by Crippen LogP contribution is 2.36. The van der Waals surface area contributed by atoms with Crippen molar-refractivity contribution in [1.29, 1.82) is 0 Å². The van der Waals surface area contributed by atoms with Gasteiger partial charge in [-0.2, -0.15) is 0 Å². The lowest BCUT2D eigenvalue weighted by Crippen LogP contribution is -2.54. The maximum Gasteiger partial charge on any atom is 0.410 e. The van der Waals surface area contributed by atoms with Gasteiger partial charge >= 0.3 is 12.2 Å². The highest BCUT2D eigenvalue weighted by Gasteiger charge is 2.40. The lowest BCUT2D eigenvalue weighted by Gasteiger charge is -2.31. The molecule has 0 unspecified atom stereocenters. The highest BCUT2D eigenvalue weighted by atomic mass is 16.6. The van der Waals surface area contributed by atoms with E-state index in [1.807, 2.05) is 27.0 Å². The number of ether oxygens (including phenoxy) is 4. The van der Waals surface area contributed by atoms with E-state index in [-0.39, 0.29) is 24.1 Å². The van der Waals surface area contributed by atoms with E-state index in [1.54, 1.807) is 16.7 Å². The van der Waals surface area contributed by atoms with Crippen LogP contribution < -0.4 is 5.32 Å². The molecular weight excluding hydrogens is 715 g/mol. The number of nitrogens with zero attached hydrogens (tertiary/aromatic N) is 4. The Labute approximate surface area is 327 Å². The summed E-state index contributed by atoms with van der Waals surface area (Å²) in [5.74, 6) is 1.23. The molecule has 2 bridgehead atoms. The minimum absolute atomic E-state index is 0.143. The molecule has 56 heavy (non-hydrogen) atoms. The first-order valence-electron chi connectivity index (χ1n) is 19.7. The zero-order chi connectivity index (χ0) is 39.4. The van der Waals surface area contributed by atoms with E-state index < -0.39 is 23.8 Å². The molecule has 0 aliphatic carbocycles. The lowest BCUT2D eigenvalue weighted by molar-refractivity contribution is -0.138. The number of carbonyl (C=O) groups excluding carboxylic acids is 3. The first-order valence-corrected chi connectivity index (χ1v) is 19.7. The number of likely N-dealkylation sites (tertiary alicyclic amines) is 1. The van der Waals surface area contributed by atoms with Gasteiger partial charge in [0, 0.05) is 43.6 Å². The Hall–Kier alpha value is -5.21. The number of benzene rings is 2. The Balaban J connectivity index is 1.08. The zero-order valence-electron chi connectivity index (χ0n) is 32.9. The van der Waals surface area contributed by atoms with Crippen molar-refractivity contribution in [1.82, 2.24) is 35.1 Å². The molecule has 2 fully saturated rings. The van der Waals surface area contributed by atoms with E-state index in [0.29, 0.717) is 38.7 Å². The van der Waals surface area contributed by atoms with Gasteiger partial charge in [-0.15, -0.1) is 0 Å². The number of H-pyrrole nitrogens is 2. The van der Waals surface area contributed by atoms with E-state index in [9.17, 15) is 14.4 Å². The van der Waals surface area contributed by atoms with Gasteiger partial charge in [0.25, 0.3) is 0 Å². The maximum absolute atomic E-state index is 14.0. The molecule has 2 saturated heterocycles. The van der Waals surface area contributed by atoms with Crippen LogP contribution in [0.1, 0.15) is 95.6 Å². The van der Waals surface area contributed by atoms with Crippen LogP contribution in [-0.2, 0) is 30.3 Å². The minimum atomic E-state index is -0.898. The summed E-state index contributed by atoms with van der Waals surface area (Å²) in [6.07, 6.45) is 5.16. The molecule has 0 saturated carbocycles. The molecule has 3 aliphatic rings. The summed E-state index contributed by atoms with van der Waals surface area (Å²) in [7, 11) is 1.28. The van der Waals surface area contributed by atoms with Crippen LogP contribution in [0.3, 0.4) is 0 Å². The molecule has 4 aromatic rings. The first kappa shape index (κ1) is 39.0. The number of fused-ring (bicyclic) bond motifs is 4. The van der Waals surface area contributed by atoms with Gasteiger partial charge in [0.2, 0.25) is 5.91 Å². The van der Waals surface area contributed by atoms with Crippen molar-refractivity contribution in [3.63, 3.8) is 0 Å². The molecule has 4 atom stereocenters. The second kappa shape index (κ2) is 16.9. The molecule has 14 heteroatoms. The maximum atomic E-state index is 14.0. The predicted molar refractivity (Wildman–Crippen MR) is 209 cm³/mol. The van der Waals surface area contributed by atoms with Crippen molar-refractivity contribution < 1.29 is 33.3 Å². The van der Waals surface area contributed by atoms with Crippen LogP contribution in [0.25, 0.3) is 33.6 Å². The van der Waals surface area contributed by atoms with Crippen LogP contribution >= 0.6 is 0 Å². The first-order chi connectivity index (χ1) is 27.0. The molecule has 0 radical (unpaired) electrons. The van der Waals surface area contributed by atoms with Crippen LogP contribution in [0.4, 0.5) is 9.59 Å². The fourth-order valence-corrected chi connectivity index (χ4v) is 7.74. The number of nitrogens with one attached hydrogen (secondary N) is 3. The Bertz CT molecular complexity index is 1980. The second-order valence-corrected chi connectivity index (χ2v) is 15.7. The standard InChI is InChI=1S/C42H53N7O7/c1-26-35(47-40(51)53-5)39(50)48-20-8-11-34(48)38-45-32(25-54-22-6-7-23-55-26)36(46-38)30-18-14-28(15-19-30)27-12-16-29(17-13-27)31-24-43-37(44-31)33-10-9-21-49(33)41(52)56-42(2,3)4/h12-19,24,26,33-35H,6-11,20-23,25H2,1-5H3,(H,43,44)(H,45,46)(H,47,51)/t26-,33+,34+,35+/m1/s1. The summed E-state index contributed by atoms with van der Waals surface area (Å²) in [4.78, 5) is 59.5. The molecule has 0 spiro atoms. The van der Waals surface area contributed by atoms with Gasteiger partial charge in [-0.3, -0.25) is 9.69 Å². The number of aromatic nitrogens is 4. The number of aromatic amines is 2. The molecule has 14 nitrogen and oxygen atoms in total. The number of hydrogen-bond donors (Lipinski definition) is 3. The molecule has 3 aliphatic heterocycles. The molecule has 3 N–H and O–H groups in total. The number of amides is 3. The SMILES string of the molecule is COC(=O)N[C@@H]1C(=O)N2CCC[C@H]2c2nc(-c3ccc(-c4ccc(-c5c[nH]c([C@@H]6CCCN6C(=O)OC(C)(C)C)n5)cc4)cc3)c([nH]2)COCCCCO[C@@H]1C. The van der Waals surface area contributed by atoms with Gasteiger partial charge in [-0.05, 0) is 77.3 Å². The summed E-state index contributed by atoms with van der Waals surface area (Å²) >= 11 is 0. The van der Waals surface area contributed by atoms with Crippen molar-refractivity contribution in [2.24, 2.45) is 0 Å². The number of imidazole rings is 2. The topological polar surface area (TPSA) is 164 Å². The summed E-state index contributed by atoms with van der Waals surface area (Å²) in [6.45, 7) is 9.96. The average Bonchev–Trinajstić information content (AvgIpc) is 4.02. The van der Waals surface area contributed by atoms with Crippen molar-refractivity contribution in [3.8, 4) is 33.6 Å². The van der Waals surface area contributed by atoms with Gasteiger partial charge in [-0.25, -0.2) is 19.6 Å². The zero-order valence-corrected chi connectivity index (χ0v) is 32.9. The minimum Gasteiger partial charge on any atom is -0.453 e. The molecule has 2 aromatic carbocycles. The average molecular weight is 768 g/mol. The van der Waals surface area contributed by atoms with Crippen LogP contribution in [0.2, 0.25) is 0 Å². The van der Waals surface area contributed by atoms with E-state index in [2.05, 4.69) is 63.8 Å². The second-order valence-electron chi connectivity index (χ2n) is 15.7. The fraction of sp³-hybridized carbons (Fsp3) is 0.500. The van der Waals surface area contributed by atoms with Gasteiger partial charge in [-0.1, -0.05) is 48.5 Å². The normalized spacial score (nSPS) is 22.3. The molecule has 7 rings (SSSR count). The third-order valence-electron chi connectivity index (χ3n) is 10.6. The lowest BCUT2D eigenvalue weighted by atomic mass is 10.0. The molecule has 298 valence electrons.